The maximum atomic E-state index is 12.1. The standard InChI is InChI=1S/C21H23N5O2S/c1-15-24-17(13-29-15)12-28-19-4-2-3-16(11-19)5-8-21(27)22-10-9-20-25-23-14-26(20)18-6-7-18/h2-5,8,11,13-14,18H,6-7,9-10,12H2,1H3,(H,22,27)/b8-5+. The van der Waals surface area contributed by atoms with Gasteiger partial charge in [-0.15, -0.1) is 21.5 Å². The highest BCUT2D eigenvalue weighted by atomic mass is 32.1. The molecule has 8 heteroatoms. The lowest BCUT2D eigenvalue weighted by atomic mass is 10.2. The van der Waals surface area contributed by atoms with Gasteiger partial charge in [-0.3, -0.25) is 4.79 Å². The number of carbonyl (C=O) groups excluding carboxylic acids is 1. The summed E-state index contributed by atoms with van der Waals surface area (Å²) in [6.45, 7) is 2.94. The van der Waals surface area contributed by atoms with Crippen LogP contribution in [0.2, 0.25) is 0 Å². The predicted octanol–water partition coefficient (Wildman–Crippen LogP) is 3.33. The molecule has 0 bridgehead atoms. The SMILES string of the molecule is Cc1nc(COc2cccc(/C=C/C(=O)NCCc3nncn3C3CC3)c2)cs1. The van der Waals surface area contributed by atoms with Crippen molar-refractivity contribution in [2.45, 2.75) is 38.8 Å². The molecule has 4 rings (SSSR count). The topological polar surface area (TPSA) is 81.9 Å². The summed E-state index contributed by atoms with van der Waals surface area (Å²) >= 11 is 1.61. The Morgan fingerprint density at radius 2 is 2.31 bits per heavy atom. The Kier molecular flexibility index (Phi) is 6.00. The molecule has 1 N–H and O–H groups in total. The zero-order valence-corrected chi connectivity index (χ0v) is 17.1. The largest absolute Gasteiger partial charge is 0.487 e. The molecule has 0 saturated heterocycles. The maximum Gasteiger partial charge on any atom is 0.244 e. The number of hydrogen-bond donors (Lipinski definition) is 1. The van der Waals surface area contributed by atoms with E-state index in [1.54, 1.807) is 23.7 Å². The van der Waals surface area contributed by atoms with E-state index in [-0.39, 0.29) is 5.91 Å². The van der Waals surface area contributed by atoms with Crippen LogP contribution in [0.5, 0.6) is 5.75 Å². The average molecular weight is 410 g/mol. The van der Waals surface area contributed by atoms with Crippen LogP contribution in [0.25, 0.3) is 6.08 Å². The van der Waals surface area contributed by atoms with Crippen molar-refractivity contribution >= 4 is 23.3 Å². The minimum Gasteiger partial charge on any atom is -0.487 e. The van der Waals surface area contributed by atoms with Crippen LogP contribution >= 0.6 is 11.3 Å². The van der Waals surface area contributed by atoms with Crippen LogP contribution < -0.4 is 10.1 Å². The molecular weight excluding hydrogens is 386 g/mol. The van der Waals surface area contributed by atoms with E-state index in [4.69, 9.17) is 4.74 Å². The highest BCUT2D eigenvalue weighted by molar-refractivity contribution is 7.09. The fourth-order valence-electron chi connectivity index (χ4n) is 2.97. The molecule has 7 nitrogen and oxygen atoms in total. The Labute approximate surface area is 173 Å². The molecule has 2 heterocycles. The molecule has 0 radical (unpaired) electrons. The van der Waals surface area contributed by atoms with Crippen LogP contribution in [-0.2, 0) is 17.8 Å². The number of nitrogens with one attached hydrogen (secondary N) is 1. The van der Waals surface area contributed by atoms with Crippen LogP contribution in [-0.4, -0.2) is 32.2 Å². The molecule has 3 aromatic rings. The Balaban J connectivity index is 1.24. The first-order valence-corrected chi connectivity index (χ1v) is 10.5. The Morgan fingerprint density at radius 1 is 1.41 bits per heavy atom. The van der Waals surface area contributed by atoms with Gasteiger partial charge in [0.2, 0.25) is 5.91 Å². The first-order chi connectivity index (χ1) is 14.2. The third-order valence-electron chi connectivity index (χ3n) is 4.57. The molecule has 0 spiro atoms. The van der Waals surface area contributed by atoms with Gasteiger partial charge in [-0.05, 0) is 43.5 Å². The fourth-order valence-corrected chi connectivity index (χ4v) is 3.57. The van der Waals surface area contributed by atoms with Crippen LogP contribution in [0.1, 0.15) is 41.0 Å². The summed E-state index contributed by atoms with van der Waals surface area (Å²) in [5.41, 5.74) is 1.82. The number of ether oxygens (including phenoxy) is 1. The minimum absolute atomic E-state index is 0.133. The van der Waals surface area contributed by atoms with E-state index in [0.717, 1.165) is 27.8 Å². The minimum atomic E-state index is -0.133. The van der Waals surface area contributed by atoms with Crippen molar-refractivity contribution < 1.29 is 9.53 Å². The highest BCUT2D eigenvalue weighted by Crippen LogP contribution is 2.35. The molecule has 1 aliphatic rings. The summed E-state index contributed by atoms with van der Waals surface area (Å²) in [4.78, 5) is 16.5. The average Bonchev–Trinajstić information content (AvgIpc) is 3.32. The Morgan fingerprint density at radius 3 is 3.10 bits per heavy atom. The second-order valence-corrected chi connectivity index (χ2v) is 8.04. The summed E-state index contributed by atoms with van der Waals surface area (Å²) in [6.07, 6.45) is 8.14. The van der Waals surface area contributed by atoms with E-state index in [1.165, 1.54) is 18.9 Å². The van der Waals surface area contributed by atoms with Crippen LogP contribution in [0.15, 0.2) is 42.0 Å². The summed E-state index contributed by atoms with van der Waals surface area (Å²) in [6, 6.07) is 8.18. The molecule has 1 aromatic carbocycles. The Hall–Kier alpha value is -3.00. The van der Waals surface area contributed by atoms with Gasteiger partial charge in [0.1, 0.15) is 24.5 Å². The quantitative estimate of drug-likeness (QED) is 0.548. The number of aromatic nitrogens is 4. The lowest BCUT2D eigenvalue weighted by Crippen LogP contribution is -2.24. The van der Waals surface area contributed by atoms with Gasteiger partial charge in [0.05, 0.1) is 10.7 Å². The normalized spacial score (nSPS) is 13.7. The smallest absolute Gasteiger partial charge is 0.244 e. The molecule has 0 atom stereocenters. The van der Waals surface area contributed by atoms with Crippen molar-refractivity contribution in [1.82, 2.24) is 25.1 Å². The second-order valence-electron chi connectivity index (χ2n) is 6.98. The first-order valence-electron chi connectivity index (χ1n) is 9.65. The number of aryl methyl sites for hydroxylation is 1. The fraction of sp³-hybridized carbons (Fsp3) is 0.333. The van der Waals surface area contributed by atoms with Gasteiger partial charge >= 0.3 is 0 Å². The third kappa shape index (κ3) is 5.51. The van der Waals surface area contributed by atoms with E-state index >= 15 is 0 Å². The number of carbonyl (C=O) groups is 1. The molecule has 0 aliphatic heterocycles. The molecule has 0 unspecified atom stereocenters. The lowest BCUT2D eigenvalue weighted by Gasteiger charge is -2.06. The van der Waals surface area contributed by atoms with E-state index in [9.17, 15) is 4.79 Å². The predicted molar refractivity (Wildman–Crippen MR) is 112 cm³/mol. The summed E-state index contributed by atoms with van der Waals surface area (Å²) < 4.78 is 7.90. The summed E-state index contributed by atoms with van der Waals surface area (Å²) in [5, 5.41) is 14.0. The van der Waals surface area contributed by atoms with Gasteiger partial charge in [-0.25, -0.2) is 4.98 Å². The van der Waals surface area contributed by atoms with Gasteiger partial charge in [-0.2, -0.15) is 0 Å². The van der Waals surface area contributed by atoms with Crippen LogP contribution in [0.4, 0.5) is 0 Å². The van der Waals surface area contributed by atoms with Crippen molar-refractivity contribution in [2.75, 3.05) is 6.54 Å². The zero-order chi connectivity index (χ0) is 20.1. The van der Waals surface area contributed by atoms with Crippen molar-refractivity contribution in [3.05, 3.63) is 64.1 Å². The first kappa shape index (κ1) is 19.3. The zero-order valence-electron chi connectivity index (χ0n) is 16.2. The van der Waals surface area contributed by atoms with Crippen molar-refractivity contribution in [3.63, 3.8) is 0 Å². The van der Waals surface area contributed by atoms with Gasteiger partial charge in [0, 0.05) is 30.5 Å². The number of nitrogens with zero attached hydrogens (tertiary/aromatic N) is 4. The number of hydrogen-bond acceptors (Lipinski definition) is 6. The van der Waals surface area contributed by atoms with Crippen LogP contribution in [0, 0.1) is 6.92 Å². The molecular formula is C21H23N5O2S. The summed E-state index contributed by atoms with van der Waals surface area (Å²) in [5.74, 6) is 1.54. The van der Waals surface area contributed by atoms with Gasteiger partial charge < -0.3 is 14.6 Å². The number of rotatable bonds is 9. The molecule has 29 heavy (non-hydrogen) atoms. The molecule has 1 saturated carbocycles. The van der Waals surface area contributed by atoms with Crippen molar-refractivity contribution in [3.8, 4) is 5.75 Å². The maximum absolute atomic E-state index is 12.1. The molecule has 1 aliphatic carbocycles. The number of benzene rings is 1. The van der Waals surface area contributed by atoms with E-state index in [1.807, 2.05) is 36.6 Å². The second kappa shape index (κ2) is 9.00. The van der Waals surface area contributed by atoms with Crippen LogP contribution in [0.3, 0.4) is 0 Å². The van der Waals surface area contributed by atoms with E-state index in [0.29, 0.717) is 25.6 Å². The van der Waals surface area contributed by atoms with Gasteiger partial charge in [-0.1, -0.05) is 12.1 Å². The molecule has 1 fully saturated rings. The van der Waals surface area contributed by atoms with E-state index < -0.39 is 0 Å². The van der Waals surface area contributed by atoms with Gasteiger partial charge in [0.15, 0.2) is 0 Å². The van der Waals surface area contributed by atoms with Crippen molar-refractivity contribution in [2.24, 2.45) is 0 Å². The molecule has 1 amide bonds. The van der Waals surface area contributed by atoms with Gasteiger partial charge in [0.25, 0.3) is 0 Å². The number of thiazole rings is 1. The van der Waals surface area contributed by atoms with Crippen molar-refractivity contribution in [1.29, 1.82) is 0 Å². The van der Waals surface area contributed by atoms with E-state index in [2.05, 4.69) is 25.1 Å². The third-order valence-corrected chi connectivity index (χ3v) is 5.40. The highest BCUT2D eigenvalue weighted by Gasteiger charge is 2.25. The number of amides is 1. The Bertz CT molecular complexity index is 1010. The lowest BCUT2D eigenvalue weighted by molar-refractivity contribution is -0.116. The summed E-state index contributed by atoms with van der Waals surface area (Å²) in [7, 11) is 0. The monoisotopic (exact) mass is 409 g/mol. The molecule has 2 aromatic heterocycles. The molecule has 150 valence electrons.